The standard InChI is InChI=1S/C13H14F2N4S/c1-3-16-11-7-12(19-13(18-11)20-2)17-10-5-8(14)4-9(15)6-10/h4-7H,3H2,1-2H3,(H2,16,17,18,19). The second kappa shape index (κ2) is 6.51. The number of benzene rings is 1. The first-order valence-corrected chi connectivity index (χ1v) is 7.23. The predicted octanol–water partition coefficient (Wildman–Crippen LogP) is 3.65. The van der Waals surface area contributed by atoms with Crippen molar-refractivity contribution in [2.45, 2.75) is 12.1 Å². The molecule has 0 unspecified atom stereocenters. The zero-order chi connectivity index (χ0) is 14.5. The minimum Gasteiger partial charge on any atom is -0.370 e. The lowest BCUT2D eigenvalue weighted by atomic mass is 10.3. The molecule has 0 saturated heterocycles. The first-order valence-electron chi connectivity index (χ1n) is 6.00. The van der Waals surface area contributed by atoms with E-state index in [0.29, 0.717) is 22.5 Å². The number of halogens is 2. The monoisotopic (exact) mass is 296 g/mol. The average Bonchev–Trinajstić information content (AvgIpc) is 2.37. The van der Waals surface area contributed by atoms with Gasteiger partial charge in [0.25, 0.3) is 0 Å². The zero-order valence-corrected chi connectivity index (χ0v) is 11.9. The fourth-order valence-corrected chi connectivity index (χ4v) is 2.01. The van der Waals surface area contributed by atoms with Gasteiger partial charge in [0.15, 0.2) is 5.16 Å². The Morgan fingerprint density at radius 1 is 1.05 bits per heavy atom. The zero-order valence-electron chi connectivity index (χ0n) is 11.1. The molecule has 0 aliphatic carbocycles. The molecule has 0 aliphatic rings. The lowest BCUT2D eigenvalue weighted by Crippen LogP contribution is -2.04. The molecule has 2 N–H and O–H groups in total. The van der Waals surface area contributed by atoms with Crippen LogP contribution in [0.25, 0.3) is 0 Å². The number of nitrogens with one attached hydrogen (secondary N) is 2. The largest absolute Gasteiger partial charge is 0.370 e. The van der Waals surface area contributed by atoms with Crippen molar-refractivity contribution in [1.82, 2.24) is 9.97 Å². The highest BCUT2D eigenvalue weighted by Crippen LogP contribution is 2.22. The third-order valence-corrected chi connectivity index (χ3v) is 2.93. The number of aromatic nitrogens is 2. The van der Waals surface area contributed by atoms with Gasteiger partial charge in [-0.1, -0.05) is 11.8 Å². The van der Waals surface area contributed by atoms with Gasteiger partial charge < -0.3 is 10.6 Å². The molecule has 0 saturated carbocycles. The third kappa shape index (κ3) is 3.80. The number of hydrogen-bond acceptors (Lipinski definition) is 5. The molecule has 0 radical (unpaired) electrons. The molecule has 1 aromatic carbocycles. The quantitative estimate of drug-likeness (QED) is 0.651. The van der Waals surface area contributed by atoms with E-state index in [2.05, 4.69) is 20.6 Å². The molecule has 0 amide bonds. The number of nitrogens with zero attached hydrogens (tertiary/aromatic N) is 2. The normalized spacial score (nSPS) is 10.4. The Balaban J connectivity index is 2.29. The van der Waals surface area contributed by atoms with Crippen molar-refractivity contribution in [3.05, 3.63) is 35.9 Å². The molecular formula is C13H14F2N4S. The van der Waals surface area contributed by atoms with Crippen molar-refractivity contribution in [3.8, 4) is 0 Å². The van der Waals surface area contributed by atoms with E-state index < -0.39 is 11.6 Å². The van der Waals surface area contributed by atoms with Gasteiger partial charge in [-0.2, -0.15) is 0 Å². The summed E-state index contributed by atoms with van der Waals surface area (Å²) in [4.78, 5) is 8.52. The molecule has 1 aromatic heterocycles. The van der Waals surface area contributed by atoms with Gasteiger partial charge >= 0.3 is 0 Å². The van der Waals surface area contributed by atoms with Crippen LogP contribution in [0.4, 0.5) is 26.1 Å². The number of thioether (sulfide) groups is 1. The van der Waals surface area contributed by atoms with E-state index in [1.807, 2.05) is 13.2 Å². The lowest BCUT2D eigenvalue weighted by molar-refractivity contribution is 0.584. The number of rotatable bonds is 5. The molecule has 0 spiro atoms. The van der Waals surface area contributed by atoms with Crippen LogP contribution in [0.2, 0.25) is 0 Å². The molecule has 0 fully saturated rings. The van der Waals surface area contributed by atoms with Crippen molar-refractivity contribution < 1.29 is 8.78 Å². The van der Waals surface area contributed by atoms with Gasteiger partial charge in [-0.25, -0.2) is 18.7 Å². The van der Waals surface area contributed by atoms with E-state index >= 15 is 0 Å². The maximum atomic E-state index is 13.1. The summed E-state index contributed by atoms with van der Waals surface area (Å²) in [5, 5.41) is 6.53. The predicted molar refractivity (Wildman–Crippen MR) is 77.6 cm³/mol. The Kier molecular flexibility index (Phi) is 4.73. The van der Waals surface area contributed by atoms with Crippen LogP contribution in [-0.4, -0.2) is 22.8 Å². The Hall–Kier alpha value is -1.89. The molecule has 20 heavy (non-hydrogen) atoms. The molecule has 4 nitrogen and oxygen atoms in total. The molecule has 106 valence electrons. The van der Waals surface area contributed by atoms with Crippen molar-refractivity contribution in [3.63, 3.8) is 0 Å². The number of hydrogen-bond donors (Lipinski definition) is 2. The van der Waals surface area contributed by atoms with Gasteiger partial charge in [-0.15, -0.1) is 0 Å². The van der Waals surface area contributed by atoms with E-state index in [1.54, 1.807) is 6.07 Å². The molecule has 2 rings (SSSR count). The second-order valence-corrected chi connectivity index (χ2v) is 4.71. The van der Waals surface area contributed by atoms with Crippen LogP contribution in [0.15, 0.2) is 29.4 Å². The summed E-state index contributed by atoms with van der Waals surface area (Å²) in [7, 11) is 0. The second-order valence-electron chi connectivity index (χ2n) is 3.94. The highest BCUT2D eigenvalue weighted by molar-refractivity contribution is 7.98. The Morgan fingerprint density at radius 3 is 2.30 bits per heavy atom. The summed E-state index contributed by atoms with van der Waals surface area (Å²) in [6.45, 7) is 2.68. The SMILES string of the molecule is CCNc1cc(Nc2cc(F)cc(F)c2)nc(SC)n1. The fraction of sp³-hybridized carbons (Fsp3) is 0.231. The molecule has 0 aliphatic heterocycles. The Bertz CT molecular complexity index is 587. The van der Waals surface area contributed by atoms with E-state index in [-0.39, 0.29) is 0 Å². The van der Waals surface area contributed by atoms with Crippen molar-refractivity contribution in [1.29, 1.82) is 0 Å². The van der Waals surface area contributed by atoms with E-state index in [1.165, 1.54) is 23.9 Å². The Morgan fingerprint density at radius 2 is 1.70 bits per heavy atom. The van der Waals surface area contributed by atoms with Crippen LogP contribution in [0, 0.1) is 11.6 Å². The first kappa shape index (κ1) is 14.5. The summed E-state index contributed by atoms with van der Waals surface area (Å²) in [5.41, 5.74) is 0.302. The van der Waals surface area contributed by atoms with Gasteiger partial charge in [-0.3, -0.25) is 0 Å². The van der Waals surface area contributed by atoms with Crippen LogP contribution in [0.1, 0.15) is 6.92 Å². The highest BCUT2D eigenvalue weighted by atomic mass is 32.2. The topological polar surface area (TPSA) is 49.8 Å². The van der Waals surface area contributed by atoms with Crippen LogP contribution in [0.5, 0.6) is 0 Å². The molecule has 0 atom stereocenters. The van der Waals surface area contributed by atoms with Gasteiger partial charge in [0.2, 0.25) is 0 Å². The molecule has 0 bridgehead atoms. The van der Waals surface area contributed by atoms with Crippen molar-refractivity contribution in [2.24, 2.45) is 0 Å². The lowest BCUT2D eigenvalue weighted by Gasteiger charge is -2.10. The molecule has 1 heterocycles. The highest BCUT2D eigenvalue weighted by Gasteiger charge is 2.06. The van der Waals surface area contributed by atoms with Gasteiger partial charge in [-0.05, 0) is 25.3 Å². The van der Waals surface area contributed by atoms with Crippen molar-refractivity contribution >= 4 is 29.1 Å². The molecule has 7 heteroatoms. The van der Waals surface area contributed by atoms with Crippen LogP contribution in [0.3, 0.4) is 0 Å². The van der Waals surface area contributed by atoms with Crippen molar-refractivity contribution in [2.75, 3.05) is 23.4 Å². The van der Waals surface area contributed by atoms with Gasteiger partial charge in [0, 0.05) is 24.4 Å². The maximum Gasteiger partial charge on any atom is 0.191 e. The van der Waals surface area contributed by atoms with Gasteiger partial charge in [0.1, 0.15) is 23.3 Å². The molecule has 2 aromatic rings. The summed E-state index contributed by atoms with van der Waals surface area (Å²) in [6, 6.07) is 4.92. The maximum absolute atomic E-state index is 13.1. The minimum atomic E-state index is -0.640. The van der Waals surface area contributed by atoms with E-state index in [9.17, 15) is 8.78 Å². The van der Waals surface area contributed by atoms with Crippen LogP contribution < -0.4 is 10.6 Å². The summed E-state index contributed by atoms with van der Waals surface area (Å²) < 4.78 is 26.3. The van der Waals surface area contributed by atoms with E-state index in [4.69, 9.17) is 0 Å². The minimum absolute atomic E-state index is 0.302. The number of anilines is 3. The third-order valence-electron chi connectivity index (χ3n) is 2.38. The average molecular weight is 296 g/mol. The fourth-order valence-electron chi connectivity index (χ4n) is 1.63. The molecular weight excluding hydrogens is 282 g/mol. The van der Waals surface area contributed by atoms with E-state index in [0.717, 1.165) is 12.6 Å². The van der Waals surface area contributed by atoms with Gasteiger partial charge in [0.05, 0.1) is 0 Å². The van der Waals surface area contributed by atoms with Crippen LogP contribution in [-0.2, 0) is 0 Å². The first-order chi connectivity index (χ1) is 9.60. The smallest absolute Gasteiger partial charge is 0.191 e. The summed E-state index contributed by atoms with van der Waals surface area (Å²) in [5.74, 6) is -0.145. The van der Waals surface area contributed by atoms with Crippen LogP contribution >= 0.6 is 11.8 Å². The Labute approximate surface area is 120 Å². The summed E-state index contributed by atoms with van der Waals surface area (Å²) >= 11 is 1.39. The summed E-state index contributed by atoms with van der Waals surface area (Å²) in [6.07, 6.45) is 1.86.